The maximum Gasteiger partial charge on any atom is 0.308 e. The Balaban J connectivity index is 1.57. The standard InChI is InChI=1S/C26H38N2O7/c1-4-15(2)26(33)34-22-13-19(30)11-17-6-5-16(3)21(25(17)22)8-7-18(29)12-20(31)14-23(32)28-24-9-10-27-35-24/h5-6,9-11,15-16,18-22,25,29-31H,4,7-8,12-14H2,1-3H3,(H,28,32)/t15-,16-,18+,19+,20+,21-,22-,25-/m0/s1. The Morgan fingerprint density at radius 2 is 2.09 bits per heavy atom. The topological polar surface area (TPSA) is 142 Å². The molecule has 1 amide bonds. The Bertz CT molecular complexity index is 898. The van der Waals surface area contributed by atoms with E-state index in [0.29, 0.717) is 25.7 Å². The van der Waals surface area contributed by atoms with Crippen LogP contribution in [0.5, 0.6) is 0 Å². The Morgan fingerprint density at radius 3 is 2.77 bits per heavy atom. The Kier molecular flexibility index (Phi) is 9.65. The van der Waals surface area contributed by atoms with Crippen molar-refractivity contribution < 1.29 is 34.2 Å². The Hall–Kier alpha value is -2.49. The molecule has 8 atom stereocenters. The predicted molar refractivity (Wildman–Crippen MR) is 129 cm³/mol. The van der Waals surface area contributed by atoms with E-state index in [1.54, 1.807) is 0 Å². The first-order valence-electron chi connectivity index (χ1n) is 12.5. The zero-order valence-electron chi connectivity index (χ0n) is 20.7. The number of nitrogens with zero attached hydrogens (tertiary/aromatic N) is 1. The van der Waals surface area contributed by atoms with Gasteiger partial charge in [0.25, 0.3) is 0 Å². The van der Waals surface area contributed by atoms with E-state index in [9.17, 15) is 24.9 Å². The number of amides is 1. The SMILES string of the molecule is CC[C@H](C)C(=O)O[C@H]1C[C@H](O)C=C2C=C[C@H](C)[C@H](CC[C@@H](O)C[C@@H](O)CC(=O)Nc3ccno3)[C@H]21. The number of aromatic nitrogens is 1. The van der Waals surface area contributed by atoms with Crippen molar-refractivity contribution >= 4 is 17.8 Å². The van der Waals surface area contributed by atoms with Crippen LogP contribution >= 0.6 is 0 Å². The molecule has 0 saturated carbocycles. The molecule has 4 N–H and O–H groups in total. The van der Waals surface area contributed by atoms with Crippen LogP contribution in [0.2, 0.25) is 0 Å². The van der Waals surface area contributed by atoms with Gasteiger partial charge in [0.15, 0.2) is 0 Å². The van der Waals surface area contributed by atoms with Gasteiger partial charge in [-0.25, -0.2) is 0 Å². The zero-order chi connectivity index (χ0) is 25.5. The molecule has 0 aliphatic heterocycles. The molecule has 9 nitrogen and oxygen atoms in total. The molecule has 2 aliphatic carbocycles. The van der Waals surface area contributed by atoms with E-state index in [1.165, 1.54) is 12.3 Å². The van der Waals surface area contributed by atoms with Crippen molar-refractivity contribution in [3.63, 3.8) is 0 Å². The van der Waals surface area contributed by atoms with Gasteiger partial charge in [0, 0.05) is 18.4 Å². The summed E-state index contributed by atoms with van der Waals surface area (Å²) in [5.41, 5.74) is 0.965. The number of hydrogen-bond acceptors (Lipinski definition) is 8. The summed E-state index contributed by atoms with van der Waals surface area (Å²) < 4.78 is 10.7. The second-order valence-electron chi connectivity index (χ2n) is 9.91. The molecule has 3 rings (SSSR count). The van der Waals surface area contributed by atoms with Crippen molar-refractivity contribution in [2.24, 2.45) is 23.7 Å². The van der Waals surface area contributed by atoms with Crippen LogP contribution in [0.1, 0.15) is 59.3 Å². The van der Waals surface area contributed by atoms with Gasteiger partial charge in [-0.15, -0.1) is 0 Å². The number of fused-ring (bicyclic) bond motifs is 1. The number of hydrogen-bond donors (Lipinski definition) is 4. The average molecular weight is 491 g/mol. The maximum atomic E-state index is 12.5. The number of esters is 1. The van der Waals surface area contributed by atoms with Crippen LogP contribution in [0.25, 0.3) is 0 Å². The lowest BCUT2D eigenvalue weighted by Crippen LogP contribution is -2.43. The fourth-order valence-corrected chi connectivity index (χ4v) is 5.00. The van der Waals surface area contributed by atoms with Gasteiger partial charge in [0.05, 0.1) is 36.8 Å². The summed E-state index contributed by atoms with van der Waals surface area (Å²) in [7, 11) is 0. The molecular weight excluding hydrogens is 452 g/mol. The van der Waals surface area contributed by atoms with Crippen molar-refractivity contribution in [1.29, 1.82) is 0 Å². The van der Waals surface area contributed by atoms with Crippen LogP contribution in [0.15, 0.2) is 40.6 Å². The zero-order valence-corrected chi connectivity index (χ0v) is 20.7. The second-order valence-corrected chi connectivity index (χ2v) is 9.91. The monoisotopic (exact) mass is 490 g/mol. The van der Waals surface area contributed by atoms with E-state index < -0.39 is 30.3 Å². The molecule has 0 unspecified atom stereocenters. The molecule has 0 fully saturated rings. The highest BCUT2D eigenvalue weighted by molar-refractivity contribution is 5.89. The highest BCUT2D eigenvalue weighted by Gasteiger charge is 2.42. The van der Waals surface area contributed by atoms with E-state index in [2.05, 4.69) is 23.5 Å². The van der Waals surface area contributed by atoms with Crippen LogP contribution in [0.4, 0.5) is 5.88 Å². The average Bonchev–Trinajstić information content (AvgIpc) is 3.30. The molecule has 0 bridgehead atoms. The van der Waals surface area contributed by atoms with Gasteiger partial charge in [-0.2, -0.15) is 0 Å². The first-order valence-corrected chi connectivity index (χ1v) is 12.5. The van der Waals surface area contributed by atoms with Crippen LogP contribution < -0.4 is 5.32 Å². The lowest BCUT2D eigenvalue weighted by Gasteiger charge is -2.43. The molecular formula is C26H38N2O7. The van der Waals surface area contributed by atoms with E-state index in [-0.39, 0.29) is 48.4 Å². The first kappa shape index (κ1) is 27.1. The fourth-order valence-electron chi connectivity index (χ4n) is 5.00. The minimum absolute atomic E-state index is 0.0591. The number of carbonyl (C=O) groups is 2. The van der Waals surface area contributed by atoms with Crippen LogP contribution in [0, 0.1) is 23.7 Å². The van der Waals surface area contributed by atoms with Crippen LogP contribution in [-0.2, 0) is 14.3 Å². The molecule has 0 radical (unpaired) electrons. The number of carbonyl (C=O) groups excluding carboxylic acids is 2. The van der Waals surface area contributed by atoms with E-state index >= 15 is 0 Å². The summed E-state index contributed by atoms with van der Waals surface area (Å²) in [4.78, 5) is 24.5. The number of aliphatic hydroxyl groups is 3. The van der Waals surface area contributed by atoms with Crippen LogP contribution in [-0.4, -0.2) is 56.8 Å². The summed E-state index contributed by atoms with van der Waals surface area (Å²) in [5, 5.41) is 37.2. The smallest absolute Gasteiger partial charge is 0.308 e. The van der Waals surface area contributed by atoms with Gasteiger partial charge in [-0.05, 0) is 43.1 Å². The number of nitrogens with one attached hydrogen (secondary N) is 1. The minimum Gasteiger partial charge on any atom is -0.461 e. The molecule has 1 heterocycles. The highest BCUT2D eigenvalue weighted by atomic mass is 16.5. The van der Waals surface area contributed by atoms with Crippen molar-refractivity contribution in [3.05, 3.63) is 36.1 Å². The molecule has 2 aliphatic rings. The predicted octanol–water partition coefficient (Wildman–Crippen LogP) is 2.98. The van der Waals surface area contributed by atoms with Crippen molar-refractivity contribution in [2.75, 3.05) is 5.32 Å². The molecule has 194 valence electrons. The maximum absolute atomic E-state index is 12.5. The Morgan fingerprint density at radius 1 is 1.31 bits per heavy atom. The highest BCUT2D eigenvalue weighted by Crippen LogP contribution is 2.44. The third kappa shape index (κ3) is 7.49. The van der Waals surface area contributed by atoms with Gasteiger partial charge in [0.1, 0.15) is 6.10 Å². The third-order valence-electron chi connectivity index (χ3n) is 7.15. The number of rotatable bonds is 11. The summed E-state index contributed by atoms with van der Waals surface area (Å²) in [6, 6.07) is 1.50. The largest absolute Gasteiger partial charge is 0.461 e. The molecule has 1 aromatic heterocycles. The molecule has 0 saturated heterocycles. The lowest BCUT2D eigenvalue weighted by molar-refractivity contribution is -0.159. The molecule has 0 spiro atoms. The molecule has 1 aromatic rings. The van der Waals surface area contributed by atoms with E-state index in [1.807, 2.05) is 26.0 Å². The third-order valence-corrected chi connectivity index (χ3v) is 7.15. The number of anilines is 1. The first-order chi connectivity index (χ1) is 16.7. The van der Waals surface area contributed by atoms with Crippen LogP contribution in [0.3, 0.4) is 0 Å². The second kappa shape index (κ2) is 12.5. The number of allylic oxidation sites excluding steroid dienone is 2. The van der Waals surface area contributed by atoms with Crippen molar-refractivity contribution in [3.8, 4) is 0 Å². The fraction of sp³-hybridized carbons (Fsp3) is 0.654. The van der Waals surface area contributed by atoms with E-state index in [0.717, 1.165) is 5.57 Å². The van der Waals surface area contributed by atoms with Gasteiger partial charge < -0.3 is 24.6 Å². The van der Waals surface area contributed by atoms with Gasteiger partial charge in [-0.3, -0.25) is 14.9 Å². The molecule has 9 heteroatoms. The summed E-state index contributed by atoms with van der Waals surface area (Å²) in [5.74, 6) is -0.436. The number of aliphatic hydroxyl groups excluding tert-OH is 3. The van der Waals surface area contributed by atoms with E-state index in [4.69, 9.17) is 9.26 Å². The number of ether oxygens (including phenoxy) is 1. The lowest BCUT2D eigenvalue weighted by atomic mass is 9.66. The summed E-state index contributed by atoms with van der Waals surface area (Å²) in [6.45, 7) is 5.88. The summed E-state index contributed by atoms with van der Waals surface area (Å²) >= 11 is 0. The molecule has 35 heavy (non-hydrogen) atoms. The van der Waals surface area contributed by atoms with Gasteiger partial charge in [0.2, 0.25) is 11.8 Å². The summed E-state index contributed by atoms with van der Waals surface area (Å²) in [6.07, 6.45) is 6.49. The normalized spacial score (nSPS) is 28.4. The molecule has 0 aromatic carbocycles. The van der Waals surface area contributed by atoms with Gasteiger partial charge in [-0.1, -0.05) is 44.2 Å². The Labute approximate surface area is 206 Å². The van der Waals surface area contributed by atoms with Gasteiger partial charge >= 0.3 is 5.97 Å². The minimum atomic E-state index is -0.999. The van der Waals surface area contributed by atoms with Crippen molar-refractivity contribution in [2.45, 2.75) is 83.7 Å². The van der Waals surface area contributed by atoms with Crippen molar-refractivity contribution in [1.82, 2.24) is 5.16 Å². The quantitative estimate of drug-likeness (QED) is 0.347.